The summed E-state index contributed by atoms with van der Waals surface area (Å²) in [6.07, 6.45) is 6.84. The van der Waals surface area contributed by atoms with E-state index >= 15 is 0 Å². The Labute approximate surface area is 173 Å². The molecule has 8 nitrogen and oxygen atoms in total. The van der Waals surface area contributed by atoms with Crippen molar-refractivity contribution in [3.8, 4) is 0 Å². The van der Waals surface area contributed by atoms with Crippen molar-refractivity contribution in [2.75, 3.05) is 33.2 Å². The van der Waals surface area contributed by atoms with Crippen LogP contribution in [0, 0.1) is 5.92 Å². The first-order valence-corrected chi connectivity index (χ1v) is 11.0. The highest BCUT2D eigenvalue weighted by molar-refractivity contribution is 5.78. The Balaban J connectivity index is 1.40. The van der Waals surface area contributed by atoms with Gasteiger partial charge in [-0.3, -0.25) is 14.5 Å². The molecule has 0 radical (unpaired) electrons. The molecule has 1 aliphatic heterocycles. The van der Waals surface area contributed by atoms with E-state index < -0.39 is 0 Å². The summed E-state index contributed by atoms with van der Waals surface area (Å²) in [6.45, 7) is 7.59. The fourth-order valence-electron chi connectivity index (χ4n) is 4.21. The van der Waals surface area contributed by atoms with Crippen molar-refractivity contribution in [2.45, 2.75) is 71.4 Å². The number of carbonyl (C=O) groups excluding carboxylic acids is 2. The van der Waals surface area contributed by atoms with Crippen LogP contribution < -0.4 is 0 Å². The summed E-state index contributed by atoms with van der Waals surface area (Å²) in [7, 11) is 1.92. The normalized spacial score (nSPS) is 19.0. The number of piperazine rings is 1. The van der Waals surface area contributed by atoms with Crippen LogP contribution in [-0.2, 0) is 22.6 Å². The molecule has 3 rings (SSSR count). The molecular weight excluding hydrogens is 370 g/mol. The lowest BCUT2D eigenvalue weighted by Crippen LogP contribution is -2.49. The predicted octanol–water partition coefficient (Wildman–Crippen LogP) is 2.09. The average molecular weight is 406 g/mol. The van der Waals surface area contributed by atoms with Gasteiger partial charge in [0.25, 0.3) is 0 Å². The molecule has 2 fully saturated rings. The maximum Gasteiger partial charge on any atom is 0.227 e. The lowest BCUT2D eigenvalue weighted by atomic mass is 9.94. The van der Waals surface area contributed by atoms with Gasteiger partial charge >= 0.3 is 0 Å². The van der Waals surface area contributed by atoms with Gasteiger partial charge in [0.1, 0.15) is 0 Å². The number of hydrogen-bond acceptors (Lipinski definition) is 6. The number of aromatic nitrogens is 2. The molecule has 0 unspecified atom stereocenters. The first kappa shape index (κ1) is 21.7. The molecule has 1 aromatic rings. The number of nitrogens with zero attached hydrogens (tertiary/aromatic N) is 5. The highest BCUT2D eigenvalue weighted by Gasteiger charge is 2.24. The van der Waals surface area contributed by atoms with Gasteiger partial charge in [-0.2, -0.15) is 4.98 Å². The van der Waals surface area contributed by atoms with Crippen LogP contribution in [0.3, 0.4) is 0 Å². The van der Waals surface area contributed by atoms with E-state index in [1.807, 2.05) is 30.7 Å². The second-order valence-electron chi connectivity index (χ2n) is 8.66. The van der Waals surface area contributed by atoms with Gasteiger partial charge in [-0.05, 0) is 12.8 Å². The monoisotopic (exact) mass is 405 g/mol. The van der Waals surface area contributed by atoms with Gasteiger partial charge in [-0.15, -0.1) is 0 Å². The van der Waals surface area contributed by atoms with Gasteiger partial charge in [0.15, 0.2) is 5.82 Å². The molecule has 0 N–H and O–H groups in total. The summed E-state index contributed by atoms with van der Waals surface area (Å²) >= 11 is 0. The third kappa shape index (κ3) is 6.01. The van der Waals surface area contributed by atoms with Crippen LogP contribution in [0.4, 0.5) is 0 Å². The summed E-state index contributed by atoms with van der Waals surface area (Å²) in [4.78, 5) is 35.1. The summed E-state index contributed by atoms with van der Waals surface area (Å²) in [6, 6.07) is 0.385. The number of rotatable bonds is 7. The highest BCUT2D eigenvalue weighted by Crippen LogP contribution is 2.22. The van der Waals surface area contributed by atoms with Crippen LogP contribution in [0.2, 0.25) is 0 Å². The molecule has 2 amide bonds. The number of aryl methyl sites for hydroxylation is 1. The minimum atomic E-state index is 0.0428. The van der Waals surface area contributed by atoms with E-state index in [0.717, 1.165) is 39.0 Å². The molecular formula is C21H35N5O3. The molecule has 0 aromatic carbocycles. The van der Waals surface area contributed by atoms with Crippen LogP contribution >= 0.6 is 0 Å². The van der Waals surface area contributed by atoms with Crippen LogP contribution in [0.25, 0.3) is 0 Å². The topological polar surface area (TPSA) is 82.8 Å². The van der Waals surface area contributed by atoms with E-state index in [2.05, 4.69) is 15.0 Å². The first-order chi connectivity index (χ1) is 13.9. The second kappa shape index (κ2) is 10.2. The van der Waals surface area contributed by atoms with E-state index in [1.54, 1.807) is 0 Å². The van der Waals surface area contributed by atoms with Gasteiger partial charge in [0.05, 0.1) is 6.54 Å². The second-order valence-corrected chi connectivity index (χ2v) is 8.66. The minimum absolute atomic E-state index is 0.0428. The third-order valence-electron chi connectivity index (χ3n) is 6.12. The van der Waals surface area contributed by atoms with Gasteiger partial charge in [0.2, 0.25) is 17.7 Å². The van der Waals surface area contributed by atoms with Gasteiger partial charge in [-0.25, -0.2) is 0 Å². The van der Waals surface area contributed by atoms with Crippen molar-refractivity contribution in [2.24, 2.45) is 5.92 Å². The molecule has 0 bridgehead atoms. The Morgan fingerprint density at radius 3 is 2.48 bits per heavy atom. The maximum absolute atomic E-state index is 12.5. The van der Waals surface area contributed by atoms with Crippen LogP contribution in [0.5, 0.6) is 0 Å². The van der Waals surface area contributed by atoms with Crippen molar-refractivity contribution in [3.63, 3.8) is 0 Å². The molecule has 1 aromatic heterocycles. The predicted molar refractivity (Wildman–Crippen MR) is 109 cm³/mol. The maximum atomic E-state index is 12.5. The van der Waals surface area contributed by atoms with Gasteiger partial charge in [-0.1, -0.05) is 38.3 Å². The molecule has 8 heteroatoms. The van der Waals surface area contributed by atoms with Crippen LogP contribution in [0.1, 0.15) is 64.1 Å². The SMILES string of the molecule is CC(C)C(=O)N1CCN(Cc2noc(CCC(=O)N(C)C3CCCCC3)n2)CC1. The fourth-order valence-corrected chi connectivity index (χ4v) is 4.21. The Hall–Kier alpha value is -1.96. The quantitative estimate of drug-likeness (QED) is 0.691. The molecule has 29 heavy (non-hydrogen) atoms. The van der Waals surface area contributed by atoms with Crippen molar-refractivity contribution in [3.05, 3.63) is 11.7 Å². The van der Waals surface area contributed by atoms with Crippen LogP contribution in [-0.4, -0.2) is 75.9 Å². The zero-order chi connectivity index (χ0) is 20.8. The molecule has 1 saturated carbocycles. The van der Waals surface area contributed by atoms with E-state index in [9.17, 15) is 9.59 Å². The Kier molecular flexibility index (Phi) is 7.64. The van der Waals surface area contributed by atoms with Crippen LogP contribution in [0.15, 0.2) is 4.52 Å². The Morgan fingerprint density at radius 2 is 1.83 bits per heavy atom. The zero-order valence-corrected chi connectivity index (χ0v) is 18.1. The molecule has 2 aliphatic rings. The summed E-state index contributed by atoms with van der Waals surface area (Å²) in [5.41, 5.74) is 0. The zero-order valence-electron chi connectivity index (χ0n) is 18.1. The van der Waals surface area contributed by atoms with E-state index in [1.165, 1.54) is 19.3 Å². The van der Waals surface area contributed by atoms with Gasteiger partial charge < -0.3 is 14.3 Å². The lowest BCUT2D eigenvalue weighted by molar-refractivity contribution is -0.136. The molecule has 162 valence electrons. The van der Waals surface area contributed by atoms with Crippen molar-refractivity contribution >= 4 is 11.8 Å². The van der Waals surface area contributed by atoms with Crippen molar-refractivity contribution in [1.82, 2.24) is 24.8 Å². The lowest BCUT2D eigenvalue weighted by Gasteiger charge is -2.34. The molecule has 2 heterocycles. The van der Waals surface area contributed by atoms with E-state index in [0.29, 0.717) is 37.1 Å². The average Bonchev–Trinajstić information content (AvgIpc) is 3.19. The number of hydrogen-bond donors (Lipinski definition) is 0. The number of carbonyl (C=O) groups is 2. The largest absolute Gasteiger partial charge is 0.343 e. The Morgan fingerprint density at radius 1 is 1.14 bits per heavy atom. The third-order valence-corrected chi connectivity index (χ3v) is 6.12. The molecule has 0 atom stereocenters. The Bertz CT molecular complexity index is 676. The summed E-state index contributed by atoms with van der Waals surface area (Å²) < 4.78 is 5.35. The minimum Gasteiger partial charge on any atom is -0.343 e. The highest BCUT2D eigenvalue weighted by atomic mass is 16.5. The standard InChI is InChI=1S/C21H35N5O3/c1-16(2)21(28)26-13-11-25(12-14-26)15-18-22-19(29-23-18)9-10-20(27)24(3)17-7-5-4-6-8-17/h16-17H,4-15H2,1-3H3. The summed E-state index contributed by atoms with van der Waals surface area (Å²) in [5.74, 6) is 1.59. The van der Waals surface area contributed by atoms with Crippen molar-refractivity contribution in [1.29, 1.82) is 0 Å². The molecule has 1 saturated heterocycles. The smallest absolute Gasteiger partial charge is 0.227 e. The molecule has 1 aliphatic carbocycles. The molecule has 0 spiro atoms. The summed E-state index contributed by atoms with van der Waals surface area (Å²) in [5, 5.41) is 4.07. The fraction of sp³-hybridized carbons (Fsp3) is 0.810. The first-order valence-electron chi connectivity index (χ1n) is 11.0. The van der Waals surface area contributed by atoms with E-state index in [-0.39, 0.29) is 17.7 Å². The van der Waals surface area contributed by atoms with E-state index in [4.69, 9.17) is 4.52 Å². The van der Waals surface area contributed by atoms with Crippen molar-refractivity contribution < 1.29 is 14.1 Å². The van der Waals surface area contributed by atoms with Gasteiger partial charge in [0, 0.05) is 58.0 Å². The number of amides is 2.